The molecule has 1 fully saturated rings. The van der Waals surface area contributed by atoms with E-state index in [1.165, 1.54) is 0 Å². The van der Waals surface area contributed by atoms with Gasteiger partial charge in [-0.1, -0.05) is 41.6 Å². The van der Waals surface area contributed by atoms with Crippen LogP contribution in [0.2, 0.25) is 0 Å². The number of nitrogens with zero attached hydrogens (tertiary/aromatic N) is 5. The summed E-state index contributed by atoms with van der Waals surface area (Å²) in [6.45, 7) is 2.53. The Morgan fingerprint density at radius 3 is 2.79 bits per heavy atom. The highest BCUT2D eigenvalue weighted by molar-refractivity contribution is 5.95. The van der Waals surface area contributed by atoms with Crippen LogP contribution in [0.15, 0.2) is 59.3 Å². The summed E-state index contributed by atoms with van der Waals surface area (Å²) >= 11 is 0. The Balaban J connectivity index is 1.48. The van der Waals surface area contributed by atoms with Crippen molar-refractivity contribution in [3.63, 3.8) is 0 Å². The molecule has 1 atom stereocenters. The Morgan fingerprint density at radius 2 is 1.93 bits per heavy atom. The first-order chi connectivity index (χ1) is 13.7. The minimum atomic E-state index is -0.217. The molecule has 1 aliphatic heterocycles. The highest BCUT2D eigenvalue weighted by atomic mass is 16.5. The summed E-state index contributed by atoms with van der Waals surface area (Å²) in [5.41, 5.74) is 2.97. The number of fused-ring (bicyclic) bond motifs is 1. The van der Waals surface area contributed by atoms with E-state index in [2.05, 4.69) is 15.1 Å². The van der Waals surface area contributed by atoms with Crippen molar-refractivity contribution in [3.8, 4) is 11.4 Å². The number of benzene rings is 1. The van der Waals surface area contributed by atoms with Gasteiger partial charge in [0.1, 0.15) is 17.4 Å². The van der Waals surface area contributed by atoms with Crippen LogP contribution in [0, 0.1) is 6.92 Å². The zero-order chi connectivity index (χ0) is 19.1. The van der Waals surface area contributed by atoms with Crippen LogP contribution >= 0.6 is 0 Å². The van der Waals surface area contributed by atoms with E-state index in [-0.39, 0.29) is 11.9 Å². The van der Waals surface area contributed by atoms with Crippen LogP contribution in [0.4, 0.5) is 0 Å². The lowest BCUT2D eigenvalue weighted by molar-refractivity contribution is 0.0702. The van der Waals surface area contributed by atoms with Crippen molar-refractivity contribution in [2.24, 2.45) is 0 Å². The maximum Gasteiger partial charge on any atom is 0.273 e. The molecule has 0 radical (unpaired) electrons. The average molecular weight is 373 g/mol. The molecule has 0 bridgehead atoms. The van der Waals surface area contributed by atoms with Gasteiger partial charge in [0.15, 0.2) is 0 Å². The van der Waals surface area contributed by atoms with Gasteiger partial charge in [-0.05, 0) is 31.9 Å². The highest BCUT2D eigenvalue weighted by Crippen LogP contribution is 2.33. The summed E-state index contributed by atoms with van der Waals surface area (Å²) in [5.74, 6) is 0.968. The van der Waals surface area contributed by atoms with E-state index in [1.807, 2.05) is 71.0 Å². The van der Waals surface area contributed by atoms with Crippen LogP contribution < -0.4 is 0 Å². The van der Waals surface area contributed by atoms with E-state index in [0.29, 0.717) is 24.0 Å². The Bertz CT molecular complexity index is 1150. The van der Waals surface area contributed by atoms with Crippen LogP contribution in [0.3, 0.4) is 0 Å². The fourth-order valence-corrected chi connectivity index (χ4v) is 3.85. The van der Waals surface area contributed by atoms with Gasteiger partial charge in [0.25, 0.3) is 5.91 Å². The molecule has 1 saturated heterocycles. The zero-order valence-electron chi connectivity index (χ0n) is 15.4. The smallest absolute Gasteiger partial charge is 0.273 e. The van der Waals surface area contributed by atoms with Crippen molar-refractivity contribution in [3.05, 3.63) is 72.0 Å². The van der Waals surface area contributed by atoms with E-state index in [4.69, 9.17) is 4.52 Å². The largest absolute Gasteiger partial charge is 0.337 e. The molecule has 7 nitrogen and oxygen atoms in total. The van der Waals surface area contributed by atoms with Gasteiger partial charge in [-0.15, -0.1) is 0 Å². The Labute approximate surface area is 161 Å². The predicted molar refractivity (Wildman–Crippen MR) is 103 cm³/mol. The first-order valence-electron chi connectivity index (χ1n) is 9.36. The summed E-state index contributed by atoms with van der Waals surface area (Å²) in [6.07, 6.45) is 3.57. The first-order valence-corrected chi connectivity index (χ1v) is 9.36. The summed E-state index contributed by atoms with van der Waals surface area (Å²) < 4.78 is 7.38. The third-order valence-electron chi connectivity index (χ3n) is 5.18. The van der Waals surface area contributed by atoms with Crippen LogP contribution in [-0.2, 0) is 0 Å². The number of hydrogen-bond acceptors (Lipinski definition) is 5. The zero-order valence-corrected chi connectivity index (χ0v) is 15.4. The molecule has 3 aromatic heterocycles. The topological polar surface area (TPSA) is 76.5 Å². The Kier molecular flexibility index (Phi) is 3.93. The summed E-state index contributed by atoms with van der Waals surface area (Å²) in [7, 11) is 0. The molecule has 0 saturated carbocycles. The van der Waals surface area contributed by atoms with Gasteiger partial charge in [-0.3, -0.25) is 9.20 Å². The van der Waals surface area contributed by atoms with E-state index >= 15 is 0 Å². The number of hydrogen-bond donors (Lipinski definition) is 0. The first kappa shape index (κ1) is 16.7. The molecule has 28 heavy (non-hydrogen) atoms. The van der Waals surface area contributed by atoms with Crippen LogP contribution in [0.25, 0.3) is 17.0 Å². The fraction of sp³-hybridized carbons (Fsp3) is 0.238. The van der Waals surface area contributed by atoms with Crippen molar-refractivity contribution in [1.29, 1.82) is 0 Å². The molecule has 0 N–H and O–H groups in total. The maximum absolute atomic E-state index is 13.4. The highest BCUT2D eigenvalue weighted by Gasteiger charge is 2.36. The number of rotatable bonds is 3. The minimum absolute atomic E-state index is 0.0573. The van der Waals surface area contributed by atoms with Crippen molar-refractivity contribution in [2.75, 3.05) is 6.54 Å². The molecule has 1 aliphatic rings. The lowest BCUT2D eigenvalue weighted by Gasteiger charge is -2.21. The van der Waals surface area contributed by atoms with E-state index in [1.54, 1.807) is 0 Å². The molecule has 5 rings (SSSR count). The predicted octanol–water partition coefficient (Wildman–Crippen LogP) is 3.67. The molecule has 1 aromatic carbocycles. The molecule has 140 valence electrons. The quantitative estimate of drug-likeness (QED) is 0.548. The lowest BCUT2D eigenvalue weighted by atomic mass is 10.2. The van der Waals surface area contributed by atoms with Gasteiger partial charge in [-0.2, -0.15) is 4.98 Å². The molecule has 1 amide bonds. The van der Waals surface area contributed by atoms with Gasteiger partial charge < -0.3 is 9.42 Å². The third kappa shape index (κ3) is 2.67. The fourth-order valence-electron chi connectivity index (χ4n) is 3.85. The lowest BCUT2D eigenvalue weighted by Crippen LogP contribution is -2.32. The van der Waals surface area contributed by atoms with Gasteiger partial charge in [0.05, 0.1) is 5.69 Å². The number of imidazole rings is 1. The molecular weight excluding hydrogens is 354 g/mol. The maximum atomic E-state index is 13.4. The second kappa shape index (κ2) is 6.60. The van der Waals surface area contributed by atoms with E-state index < -0.39 is 0 Å². The number of amides is 1. The minimum Gasteiger partial charge on any atom is -0.337 e. The van der Waals surface area contributed by atoms with Crippen molar-refractivity contribution >= 4 is 11.6 Å². The summed E-state index contributed by atoms with van der Waals surface area (Å²) in [6, 6.07) is 15.2. The molecule has 0 spiro atoms. The van der Waals surface area contributed by atoms with Crippen LogP contribution in [0.1, 0.15) is 41.0 Å². The second-order valence-electron chi connectivity index (χ2n) is 6.95. The van der Waals surface area contributed by atoms with Gasteiger partial charge in [0.2, 0.25) is 11.7 Å². The van der Waals surface area contributed by atoms with E-state index in [0.717, 1.165) is 29.7 Å². The van der Waals surface area contributed by atoms with Crippen LogP contribution in [0.5, 0.6) is 0 Å². The summed E-state index contributed by atoms with van der Waals surface area (Å²) in [4.78, 5) is 24.3. The molecular formula is C21H19N5O2. The van der Waals surface area contributed by atoms with Crippen molar-refractivity contribution < 1.29 is 9.32 Å². The van der Waals surface area contributed by atoms with Crippen LogP contribution in [-0.4, -0.2) is 36.9 Å². The average Bonchev–Trinajstić information content (AvgIpc) is 3.45. The second-order valence-corrected chi connectivity index (χ2v) is 6.95. The molecule has 1 unspecified atom stereocenters. The Morgan fingerprint density at radius 1 is 1.11 bits per heavy atom. The SMILES string of the molecule is Cc1nc2ccccn2c1C(=O)N1CCCC1c1nc(-c2ccccc2)no1. The van der Waals surface area contributed by atoms with Crippen molar-refractivity contribution in [1.82, 2.24) is 24.4 Å². The summed E-state index contributed by atoms with van der Waals surface area (Å²) in [5, 5.41) is 4.11. The number of aryl methyl sites for hydroxylation is 1. The number of likely N-dealkylation sites (tertiary alicyclic amines) is 1. The van der Waals surface area contributed by atoms with E-state index in [9.17, 15) is 4.79 Å². The monoisotopic (exact) mass is 373 g/mol. The van der Waals surface area contributed by atoms with Crippen molar-refractivity contribution in [2.45, 2.75) is 25.8 Å². The number of carbonyl (C=O) groups excluding carboxylic acids is 1. The number of carbonyl (C=O) groups is 1. The number of pyridine rings is 1. The third-order valence-corrected chi connectivity index (χ3v) is 5.18. The standard InChI is InChI=1S/C21H19N5O2/c1-14-18(26-12-6-5-11-17(26)22-14)21(27)25-13-7-10-16(25)20-23-19(24-28-20)15-8-3-2-4-9-15/h2-6,8-9,11-12,16H,7,10,13H2,1H3. The van der Waals surface area contributed by atoms with Gasteiger partial charge in [0, 0.05) is 18.3 Å². The molecule has 4 aromatic rings. The van der Waals surface area contributed by atoms with Gasteiger partial charge >= 0.3 is 0 Å². The Hall–Kier alpha value is -3.48. The molecule has 4 heterocycles. The number of aromatic nitrogens is 4. The molecule has 0 aliphatic carbocycles. The normalized spacial score (nSPS) is 16.8. The molecule has 7 heteroatoms. The van der Waals surface area contributed by atoms with Gasteiger partial charge in [-0.25, -0.2) is 4.98 Å².